The normalized spacial score (nSPS) is 30.7. The van der Waals surface area contributed by atoms with Crippen molar-refractivity contribution in [3.8, 4) is 5.75 Å². The molecule has 1 aromatic rings. The molecule has 1 saturated heterocycles. The standard InChI is InChI=1S/C17H22N2O9/c1-24-18-12(16-19-26-7-6-25-16)9-4-2-3-5-10(9)27-17-15(23)14(22)13(21)11(8-20)28-17/h2-5,11,13-15,17,20-23H,6-8H2,1H3/b18-12+/t11-,13-,14+,15-,17-/m1/s1. The topological polar surface area (TPSA) is 152 Å². The molecule has 3 rings (SSSR count). The molecule has 2 aliphatic rings. The number of para-hydroxylation sites is 1. The third kappa shape index (κ3) is 4.18. The van der Waals surface area contributed by atoms with Gasteiger partial charge < -0.3 is 44.3 Å². The van der Waals surface area contributed by atoms with Gasteiger partial charge in [-0.25, -0.2) is 0 Å². The number of rotatable bonds is 6. The first-order valence-electron chi connectivity index (χ1n) is 8.57. The molecule has 0 saturated carbocycles. The van der Waals surface area contributed by atoms with Gasteiger partial charge in [-0.15, -0.1) is 0 Å². The lowest BCUT2D eigenvalue weighted by Gasteiger charge is -2.39. The van der Waals surface area contributed by atoms with E-state index in [4.69, 9.17) is 23.9 Å². The number of hydrogen-bond acceptors (Lipinski definition) is 11. The van der Waals surface area contributed by atoms with Crippen molar-refractivity contribution in [3.63, 3.8) is 0 Å². The van der Waals surface area contributed by atoms with Crippen LogP contribution in [0.25, 0.3) is 0 Å². The summed E-state index contributed by atoms with van der Waals surface area (Å²) in [5.74, 6) is 0.289. The molecule has 0 bridgehead atoms. The zero-order valence-electron chi connectivity index (χ0n) is 15.0. The van der Waals surface area contributed by atoms with Crippen LogP contribution >= 0.6 is 0 Å². The molecule has 0 radical (unpaired) electrons. The number of oxime groups is 2. The molecule has 0 amide bonds. The van der Waals surface area contributed by atoms with Gasteiger partial charge in [-0.05, 0) is 17.3 Å². The van der Waals surface area contributed by atoms with E-state index in [1.165, 1.54) is 7.11 Å². The van der Waals surface area contributed by atoms with Gasteiger partial charge in [0.15, 0.2) is 12.3 Å². The average molecular weight is 398 g/mol. The summed E-state index contributed by atoms with van der Waals surface area (Å²) in [6.45, 7) is 0.00883. The molecule has 154 valence electrons. The van der Waals surface area contributed by atoms with Crippen molar-refractivity contribution in [1.29, 1.82) is 0 Å². The molecule has 28 heavy (non-hydrogen) atoms. The van der Waals surface area contributed by atoms with E-state index in [1.54, 1.807) is 24.3 Å². The second kappa shape index (κ2) is 9.17. The second-order valence-corrected chi connectivity index (χ2v) is 6.01. The highest BCUT2D eigenvalue weighted by Crippen LogP contribution is 2.27. The maximum absolute atomic E-state index is 10.2. The summed E-state index contributed by atoms with van der Waals surface area (Å²) in [5.41, 5.74) is 0.577. The first-order valence-corrected chi connectivity index (χ1v) is 8.57. The Morgan fingerprint density at radius 2 is 1.96 bits per heavy atom. The first kappa shape index (κ1) is 20.3. The van der Waals surface area contributed by atoms with Crippen LogP contribution in [0.3, 0.4) is 0 Å². The Labute approximate surface area is 160 Å². The fourth-order valence-electron chi connectivity index (χ4n) is 2.77. The highest BCUT2D eigenvalue weighted by atomic mass is 16.7. The summed E-state index contributed by atoms with van der Waals surface area (Å²) in [6, 6.07) is 6.61. The van der Waals surface area contributed by atoms with E-state index in [9.17, 15) is 20.4 Å². The van der Waals surface area contributed by atoms with Crippen LogP contribution in [0.4, 0.5) is 0 Å². The van der Waals surface area contributed by atoms with E-state index in [2.05, 4.69) is 10.3 Å². The van der Waals surface area contributed by atoms with Crippen molar-refractivity contribution in [1.82, 2.24) is 0 Å². The molecule has 11 nitrogen and oxygen atoms in total. The lowest BCUT2D eigenvalue weighted by Crippen LogP contribution is -2.60. The third-order valence-corrected chi connectivity index (χ3v) is 4.18. The summed E-state index contributed by atoms with van der Waals surface area (Å²) < 4.78 is 16.6. The first-order chi connectivity index (χ1) is 13.6. The molecule has 0 spiro atoms. The van der Waals surface area contributed by atoms with Gasteiger partial charge in [0.25, 0.3) is 5.90 Å². The molecule has 0 aliphatic carbocycles. The van der Waals surface area contributed by atoms with Crippen molar-refractivity contribution in [2.75, 3.05) is 26.9 Å². The molecule has 0 unspecified atom stereocenters. The highest BCUT2D eigenvalue weighted by Gasteiger charge is 2.45. The SMILES string of the molecule is CO/N=C(/C1=NOCCO1)c1ccccc1O[C@@H]1O[C@H](CO)[C@@H](O)[C@H](O)[C@H]1O. The summed E-state index contributed by atoms with van der Waals surface area (Å²) in [4.78, 5) is 9.90. The molecule has 5 atom stereocenters. The van der Waals surface area contributed by atoms with E-state index < -0.39 is 37.3 Å². The molecular formula is C17H22N2O9. The van der Waals surface area contributed by atoms with Crippen molar-refractivity contribution in [2.24, 2.45) is 10.3 Å². The summed E-state index contributed by atoms with van der Waals surface area (Å²) in [5, 5.41) is 47.1. The lowest BCUT2D eigenvalue weighted by atomic mass is 9.99. The zero-order chi connectivity index (χ0) is 20.1. The van der Waals surface area contributed by atoms with Crippen LogP contribution in [0.2, 0.25) is 0 Å². The van der Waals surface area contributed by atoms with Crippen molar-refractivity contribution in [2.45, 2.75) is 30.7 Å². The van der Waals surface area contributed by atoms with E-state index in [1.807, 2.05) is 0 Å². The molecule has 2 aliphatic heterocycles. The fourth-order valence-corrected chi connectivity index (χ4v) is 2.77. The number of hydrogen-bond donors (Lipinski definition) is 4. The van der Waals surface area contributed by atoms with Gasteiger partial charge in [0.05, 0.1) is 12.2 Å². The van der Waals surface area contributed by atoms with Crippen LogP contribution in [-0.2, 0) is 19.1 Å². The average Bonchev–Trinajstić information content (AvgIpc) is 2.73. The van der Waals surface area contributed by atoms with Crippen LogP contribution in [0.15, 0.2) is 34.6 Å². The predicted molar refractivity (Wildman–Crippen MR) is 93.7 cm³/mol. The van der Waals surface area contributed by atoms with E-state index in [0.29, 0.717) is 12.2 Å². The largest absolute Gasteiger partial charge is 0.470 e. The van der Waals surface area contributed by atoms with Gasteiger partial charge >= 0.3 is 0 Å². The van der Waals surface area contributed by atoms with Crippen LogP contribution in [-0.4, -0.2) is 89.7 Å². The number of ether oxygens (including phenoxy) is 3. The summed E-state index contributed by atoms with van der Waals surface area (Å²) in [6.07, 6.45) is -7.05. The summed E-state index contributed by atoms with van der Waals surface area (Å²) in [7, 11) is 1.35. The lowest BCUT2D eigenvalue weighted by molar-refractivity contribution is -0.277. The molecule has 0 aromatic heterocycles. The Bertz CT molecular complexity index is 724. The van der Waals surface area contributed by atoms with Gasteiger partial charge in [-0.2, -0.15) is 0 Å². The van der Waals surface area contributed by atoms with Gasteiger partial charge in [-0.1, -0.05) is 17.3 Å². The molecule has 1 aromatic carbocycles. The van der Waals surface area contributed by atoms with E-state index in [0.717, 1.165) is 0 Å². The molecule has 11 heteroatoms. The molecular weight excluding hydrogens is 376 g/mol. The fraction of sp³-hybridized carbons (Fsp3) is 0.529. The Balaban J connectivity index is 1.89. The van der Waals surface area contributed by atoms with E-state index in [-0.39, 0.29) is 24.0 Å². The Hall–Kier alpha value is -2.44. The van der Waals surface area contributed by atoms with Gasteiger partial charge in [0, 0.05) is 0 Å². The monoisotopic (exact) mass is 398 g/mol. The smallest absolute Gasteiger partial charge is 0.280 e. The van der Waals surface area contributed by atoms with Gasteiger partial charge in [-0.3, -0.25) is 0 Å². The minimum Gasteiger partial charge on any atom is -0.470 e. The maximum atomic E-state index is 10.2. The number of aliphatic hydroxyl groups is 4. The number of nitrogens with zero attached hydrogens (tertiary/aromatic N) is 2. The Morgan fingerprint density at radius 3 is 2.64 bits per heavy atom. The van der Waals surface area contributed by atoms with Crippen LogP contribution in [0.1, 0.15) is 5.56 Å². The van der Waals surface area contributed by atoms with E-state index >= 15 is 0 Å². The van der Waals surface area contributed by atoms with Gasteiger partial charge in [0.2, 0.25) is 6.29 Å². The maximum Gasteiger partial charge on any atom is 0.280 e. The van der Waals surface area contributed by atoms with Crippen molar-refractivity contribution < 1.29 is 44.3 Å². The third-order valence-electron chi connectivity index (χ3n) is 4.18. The summed E-state index contributed by atoms with van der Waals surface area (Å²) >= 11 is 0. The van der Waals surface area contributed by atoms with Crippen molar-refractivity contribution >= 4 is 11.6 Å². The van der Waals surface area contributed by atoms with Crippen molar-refractivity contribution in [3.05, 3.63) is 29.8 Å². The Morgan fingerprint density at radius 1 is 1.18 bits per heavy atom. The van der Waals surface area contributed by atoms with Crippen LogP contribution < -0.4 is 4.74 Å². The quantitative estimate of drug-likeness (QED) is 0.334. The number of aliphatic hydroxyl groups excluding tert-OH is 4. The Kier molecular flexibility index (Phi) is 6.65. The zero-order valence-corrected chi connectivity index (χ0v) is 15.0. The molecule has 2 heterocycles. The van der Waals surface area contributed by atoms with Crippen LogP contribution in [0, 0.1) is 0 Å². The molecule has 4 N–H and O–H groups in total. The minimum atomic E-state index is -1.56. The molecule has 1 fully saturated rings. The van der Waals surface area contributed by atoms with Gasteiger partial charge in [0.1, 0.15) is 43.9 Å². The minimum absolute atomic E-state index is 0.0814. The number of benzene rings is 1. The predicted octanol–water partition coefficient (Wildman–Crippen LogP) is -1.42. The second-order valence-electron chi connectivity index (χ2n) is 6.01. The van der Waals surface area contributed by atoms with Crippen LogP contribution in [0.5, 0.6) is 5.75 Å². The highest BCUT2D eigenvalue weighted by molar-refractivity contribution is 6.45.